The van der Waals surface area contributed by atoms with Crippen molar-refractivity contribution in [2.75, 3.05) is 19.5 Å². The molecule has 3 rings (SSSR count). The van der Waals surface area contributed by atoms with Crippen LogP contribution < -0.4 is 40.0 Å². The summed E-state index contributed by atoms with van der Waals surface area (Å²) in [5.41, 5.74) is -0.269. The number of nitrogens with zero attached hydrogens (tertiary/aromatic N) is 2. The summed E-state index contributed by atoms with van der Waals surface area (Å²) < 4.78 is 9.98. The summed E-state index contributed by atoms with van der Waals surface area (Å²) in [6.45, 7) is 0.929. The first kappa shape index (κ1) is 24.0. The Balaban J connectivity index is 0.00000320. The van der Waals surface area contributed by atoms with Gasteiger partial charge in [-0.05, 0) is 12.1 Å². The van der Waals surface area contributed by atoms with Crippen LogP contribution in [0.4, 0.5) is 0 Å². The molecular formula is C17H16N3NaO8S. The van der Waals surface area contributed by atoms with Gasteiger partial charge in [-0.2, -0.15) is 0 Å². The van der Waals surface area contributed by atoms with Crippen LogP contribution in [0.5, 0.6) is 0 Å². The summed E-state index contributed by atoms with van der Waals surface area (Å²) in [5.74, 6) is -3.16. The zero-order valence-electron chi connectivity index (χ0n) is 16.4. The third-order valence-electron chi connectivity index (χ3n) is 4.13. The summed E-state index contributed by atoms with van der Waals surface area (Å²) in [6.07, 6.45) is 1.35. The molecule has 0 aliphatic carbocycles. The number of amides is 2. The van der Waals surface area contributed by atoms with Gasteiger partial charge in [0.15, 0.2) is 5.76 Å². The zero-order chi connectivity index (χ0) is 21.1. The number of carboxylic acids is 1. The number of fused-ring (bicyclic) bond motifs is 1. The zero-order valence-corrected chi connectivity index (χ0v) is 19.2. The molecule has 0 spiro atoms. The Kier molecular flexibility index (Phi) is 8.12. The van der Waals surface area contributed by atoms with Gasteiger partial charge < -0.3 is 29.2 Å². The third kappa shape index (κ3) is 4.72. The van der Waals surface area contributed by atoms with Gasteiger partial charge >= 0.3 is 35.5 Å². The summed E-state index contributed by atoms with van der Waals surface area (Å²) in [7, 11) is 1.25. The molecule has 2 amide bonds. The fourth-order valence-electron chi connectivity index (χ4n) is 2.88. The molecule has 0 bridgehead atoms. The second kappa shape index (κ2) is 10.2. The Hall–Kier alpha value is -2.28. The first-order valence-corrected chi connectivity index (χ1v) is 9.37. The molecule has 13 heteroatoms. The van der Waals surface area contributed by atoms with Gasteiger partial charge in [-0.1, -0.05) is 5.16 Å². The molecule has 2 aliphatic rings. The molecule has 154 valence electrons. The molecule has 0 unspecified atom stereocenters. The van der Waals surface area contributed by atoms with Gasteiger partial charge in [0.25, 0.3) is 11.8 Å². The summed E-state index contributed by atoms with van der Waals surface area (Å²) >= 11 is 1.23. The SMILES string of the molecule is CON=C(C(=O)N[C@@H]1C(=O)N2C(C(=O)[O-])=C(COC(C)=O)CS[C@H]12)c1ccco1.[Na+]. The van der Waals surface area contributed by atoms with Crippen LogP contribution in [-0.4, -0.2) is 65.2 Å². The number of β-lactam (4-membered cyclic amide) rings is 1. The van der Waals surface area contributed by atoms with E-state index in [2.05, 4.69) is 15.3 Å². The van der Waals surface area contributed by atoms with Crippen LogP contribution in [0.25, 0.3) is 0 Å². The molecule has 11 nitrogen and oxygen atoms in total. The maximum atomic E-state index is 12.6. The molecule has 2 aliphatic heterocycles. The number of nitrogens with one attached hydrogen (secondary N) is 1. The molecule has 1 aromatic heterocycles. The van der Waals surface area contributed by atoms with E-state index in [9.17, 15) is 24.3 Å². The van der Waals surface area contributed by atoms with Crippen molar-refractivity contribution in [2.24, 2.45) is 5.16 Å². The van der Waals surface area contributed by atoms with Crippen molar-refractivity contribution in [1.29, 1.82) is 0 Å². The van der Waals surface area contributed by atoms with E-state index in [4.69, 9.17) is 9.15 Å². The molecule has 0 aromatic carbocycles. The average molecular weight is 445 g/mol. The number of oxime groups is 1. The summed E-state index contributed by atoms with van der Waals surface area (Å²) in [4.78, 5) is 53.4. The molecule has 1 aromatic rings. The maximum Gasteiger partial charge on any atom is 1.00 e. The van der Waals surface area contributed by atoms with Crippen LogP contribution in [0.1, 0.15) is 12.7 Å². The molecule has 2 atom stereocenters. The van der Waals surface area contributed by atoms with Gasteiger partial charge in [0, 0.05) is 18.2 Å². The molecule has 1 saturated heterocycles. The van der Waals surface area contributed by atoms with Crippen molar-refractivity contribution in [1.82, 2.24) is 10.2 Å². The molecule has 1 fully saturated rings. The number of thioether (sulfide) groups is 1. The van der Waals surface area contributed by atoms with Crippen molar-refractivity contribution >= 4 is 41.2 Å². The maximum absolute atomic E-state index is 12.6. The number of carbonyl (C=O) groups is 4. The standard InChI is InChI=1S/C17H17N3O8S.Na/c1-8(21)28-6-9-7-29-16-12(15(23)20(16)13(9)17(24)25)18-14(22)11(19-26-2)10-4-3-5-27-10;/h3-5,12,16H,6-7H2,1-2H3,(H,18,22)(H,24,25);/q;+1/p-1/t12-,16-;/m1./s1. The van der Waals surface area contributed by atoms with Gasteiger partial charge in [-0.15, -0.1) is 11.8 Å². The predicted octanol–water partition coefficient (Wildman–Crippen LogP) is -4.40. The fraction of sp³-hybridized carbons (Fsp3) is 0.353. The number of ether oxygens (including phenoxy) is 1. The Labute approximate surface area is 197 Å². The van der Waals surface area contributed by atoms with Crippen LogP contribution in [-0.2, 0) is 28.8 Å². The Morgan fingerprint density at radius 1 is 1.43 bits per heavy atom. The Bertz CT molecular complexity index is 914. The molecule has 1 N–H and O–H groups in total. The number of furan rings is 1. The normalized spacial score (nSPS) is 20.5. The van der Waals surface area contributed by atoms with Crippen molar-refractivity contribution in [3.8, 4) is 0 Å². The predicted molar refractivity (Wildman–Crippen MR) is 95.9 cm³/mol. The van der Waals surface area contributed by atoms with E-state index in [1.165, 1.54) is 38.1 Å². The van der Waals surface area contributed by atoms with Crippen LogP contribution >= 0.6 is 11.8 Å². The molecule has 30 heavy (non-hydrogen) atoms. The van der Waals surface area contributed by atoms with E-state index in [1.54, 1.807) is 6.07 Å². The van der Waals surface area contributed by atoms with Gasteiger partial charge in [0.1, 0.15) is 25.1 Å². The van der Waals surface area contributed by atoms with E-state index < -0.39 is 35.2 Å². The topological polar surface area (TPSA) is 151 Å². The second-order valence-electron chi connectivity index (χ2n) is 5.98. The van der Waals surface area contributed by atoms with E-state index in [0.717, 1.165) is 4.90 Å². The largest absolute Gasteiger partial charge is 1.00 e. The van der Waals surface area contributed by atoms with Gasteiger partial charge in [-0.3, -0.25) is 19.3 Å². The van der Waals surface area contributed by atoms with Crippen molar-refractivity contribution in [3.05, 3.63) is 35.4 Å². The molecule has 0 saturated carbocycles. The molecule has 3 heterocycles. The monoisotopic (exact) mass is 445 g/mol. The quantitative estimate of drug-likeness (QED) is 0.144. The van der Waals surface area contributed by atoms with Gasteiger partial charge in [-0.25, -0.2) is 0 Å². The number of esters is 1. The fourth-order valence-corrected chi connectivity index (χ4v) is 4.21. The first-order valence-electron chi connectivity index (χ1n) is 8.32. The third-order valence-corrected chi connectivity index (χ3v) is 5.47. The van der Waals surface area contributed by atoms with E-state index in [0.29, 0.717) is 0 Å². The van der Waals surface area contributed by atoms with Gasteiger partial charge in [0.05, 0.1) is 17.9 Å². The number of hydrogen-bond acceptors (Lipinski definition) is 10. The van der Waals surface area contributed by atoms with Crippen molar-refractivity contribution in [2.45, 2.75) is 18.3 Å². The van der Waals surface area contributed by atoms with E-state index in [1.807, 2.05) is 0 Å². The van der Waals surface area contributed by atoms with E-state index >= 15 is 0 Å². The minimum absolute atomic E-state index is 0. The minimum Gasteiger partial charge on any atom is -0.543 e. The summed E-state index contributed by atoms with van der Waals surface area (Å²) in [6, 6.07) is 2.08. The van der Waals surface area contributed by atoms with Crippen LogP contribution in [0.2, 0.25) is 0 Å². The Morgan fingerprint density at radius 2 is 2.17 bits per heavy atom. The van der Waals surface area contributed by atoms with Crippen molar-refractivity contribution < 1.29 is 67.8 Å². The van der Waals surface area contributed by atoms with Crippen LogP contribution in [0, 0.1) is 0 Å². The van der Waals surface area contributed by atoms with Crippen molar-refractivity contribution in [3.63, 3.8) is 0 Å². The van der Waals surface area contributed by atoms with Gasteiger partial charge in [0.2, 0.25) is 5.71 Å². The van der Waals surface area contributed by atoms with E-state index in [-0.39, 0.29) is 64.7 Å². The average Bonchev–Trinajstić information content (AvgIpc) is 3.21. The Morgan fingerprint density at radius 3 is 2.73 bits per heavy atom. The van der Waals surface area contributed by atoms with Crippen LogP contribution in [0.3, 0.4) is 0 Å². The number of aliphatic carboxylic acids is 1. The number of carbonyl (C=O) groups excluding carboxylic acids is 4. The smallest absolute Gasteiger partial charge is 0.543 e. The first-order chi connectivity index (χ1) is 13.8. The minimum atomic E-state index is -1.56. The van der Waals surface area contributed by atoms with Crippen LogP contribution in [0.15, 0.2) is 39.2 Å². The number of carboxylic acid groups (broad SMARTS) is 1. The number of hydrogen-bond donors (Lipinski definition) is 1. The molecule has 0 radical (unpaired) electrons. The molecular weight excluding hydrogens is 429 g/mol. The summed E-state index contributed by atoms with van der Waals surface area (Å²) in [5, 5.41) is 17.1. The second-order valence-corrected chi connectivity index (χ2v) is 7.09. The number of rotatable bonds is 7.